The molecule has 0 radical (unpaired) electrons. The third-order valence-electron chi connectivity index (χ3n) is 3.34. The molecule has 0 spiro atoms. The van der Waals surface area contributed by atoms with Gasteiger partial charge >= 0.3 is 0 Å². The first-order chi connectivity index (χ1) is 8.51. The SMILES string of the molecule is Cc1cc(/C(N)=N/O)nc(N(C)CC2CC2C)n1. The average Bonchev–Trinajstić information content (AvgIpc) is 3.03. The lowest BCUT2D eigenvalue weighted by molar-refractivity contribution is 0.318. The average molecular weight is 249 g/mol. The number of hydrogen-bond donors (Lipinski definition) is 2. The van der Waals surface area contributed by atoms with Gasteiger partial charge in [0.25, 0.3) is 0 Å². The van der Waals surface area contributed by atoms with Crippen LogP contribution in [0.15, 0.2) is 11.2 Å². The summed E-state index contributed by atoms with van der Waals surface area (Å²) in [5.74, 6) is 2.15. The summed E-state index contributed by atoms with van der Waals surface area (Å²) in [5, 5.41) is 11.7. The highest BCUT2D eigenvalue weighted by Gasteiger charge is 2.33. The molecule has 0 bridgehead atoms. The smallest absolute Gasteiger partial charge is 0.225 e. The summed E-state index contributed by atoms with van der Waals surface area (Å²) in [6.45, 7) is 5.06. The van der Waals surface area contributed by atoms with Gasteiger partial charge in [0.05, 0.1) is 0 Å². The second kappa shape index (κ2) is 4.80. The van der Waals surface area contributed by atoms with Gasteiger partial charge in [-0.1, -0.05) is 12.1 Å². The summed E-state index contributed by atoms with van der Waals surface area (Å²) in [4.78, 5) is 10.7. The van der Waals surface area contributed by atoms with E-state index in [0.29, 0.717) is 11.6 Å². The van der Waals surface area contributed by atoms with Crippen LogP contribution in [-0.2, 0) is 0 Å². The second-order valence-corrected chi connectivity index (χ2v) is 5.03. The van der Waals surface area contributed by atoms with Crippen LogP contribution >= 0.6 is 0 Å². The molecule has 2 rings (SSSR count). The van der Waals surface area contributed by atoms with Crippen molar-refractivity contribution in [2.24, 2.45) is 22.7 Å². The van der Waals surface area contributed by atoms with Gasteiger partial charge in [0.15, 0.2) is 5.84 Å². The molecule has 1 heterocycles. The molecule has 6 nitrogen and oxygen atoms in total. The Morgan fingerprint density at radius 2 is 2.28 bits per heavy atom. The standard InChI is InChI=1S/C12H19N5O/c1-7-4-9(7)6-17(3)12-14-8(2)5-10(15-12)11(13)16-18/h5,7,9,18H,4,6H2,1-3H3,(H2,13,16). The molecule has 2 atom stereocenters. The van der Waals surface area contributed by atoms with Crippen LogP contribution < -0.4 is 10.6 Å². The molecule has 1 saturated carbocycles. The normalized spacial score (nSPS) is 22.9. The van der Waals surface area contributed by atoms with Crippen molar-refractivity contribution in [3.63, 3.8) is 0 Å². The second-order valence-electron chi connectivity index (χ2n) is 5.03. The van der Waals surface area contributed by atoms with E-state index in [4.69, 9.17) is 10.9 Å². The molecule has 0 amide bonds. The van der Waals surface area contributed by atoms with Crippen molar-refractivity contribution in [2.75, 3.05) is 18.5 Å². The Kier molecular flexibility index (Phi) is 3.36. The van der Waals surface area contributed by atoms with Crippen molar-refractivity contribution in [1.29, 1.82) is 0 Å². The highest BCUT2D eigenvalue weighted by atomic mass is 16.4. The van der Waals surface area contributed by atoms with Crippen molar-refractivity contribution < 1.29 is 5.21 Å². The lowest BCUT2D eigenvalue weighted by Crippen LogP contribution is -2.25. The number of hydrogen-bond acceptors (Lipinski definition) is 5. The maximum atomic E-state index is 8.69. The summed E-state index contributed by atoms with van der Waals surface area (Å²) in [6.07, 6.45) is 1.27. The first kappa shape index (κ1) is 12.6. The molecule has 6 heteroatoms. The Labute approximate surface area is 107 Å². The Bertz CT molecular complexity index is 474. The fraction of sp³-hybridized carbons (Fsp3) is 0.583. The number of aromatic nitrogens is 2. The molecule has 1 aromatic heterocycles. The lowest BCUT2D eigenvalue weighted by atomic mass is 10.3. The van der Waals surface area contributed by atoms with Crippen LogP contribution in [0.2, 0.25) is 0 Å². The first-order valence-electron chi connectivity index (χ1n) is 6.06. The Morgan fingerprint density at radius 3 is 2.83 bits per heavy atom. The molecule has 0 aromatic carbocycles. The maximum Gasteiger partial charge on any atom is 0.225 e. The van der Waals surface area contributed by atoms with Crippen molar-refractivity contribution >= 4 is 11.8 Å². The lowest BCUT2D eigenvalue weighted by Gasteiger charge is -2.17. The van der Waals surface area contributed by atoms with Gasteiger partial charge in [-0.2, -0.15) is 0 Å². The van der Waals surface area contributed by atoms with Crippen LogP contribution in [0.1, 0.15) is 24.7 Å². The van der Waals surface area contributed by atoms with E-state index in [1.165, 1.54) is 6.42 Å². The molecule has 0 aliphatic heterocycles. The monoisotopic (exact) mass is 249 g/mol. The number of oxime groups is 1. The van der Waals surface area contributed by atoms with Gasteiger partial charge < -0.3 is 15.8 Å². The summed E-state index contributed by atoms with van der Waals surface area (Å²) < 4.78 is 0. The summed E-state index contributed by atoms with van der Waals surface area (Å²) in [7, 11) is 1.97. The van der Waals surface area contributed by atoms with E-state index in [-0.39, 0.29) is 5.84 Å². The van der Waals surface area contributed by atoms with E-state index in [2.05, 4.69) is 22.0 Å². The van der Waals surface area contributed by atoms with Crippen LogP contribution in [-0.4, -0.2) is 34.6 Å². The number of anilines is 1. The third kappa shape index (κ3) is 2.69. The zero-order valence-corrected chi connectivity index (χ0v) is 11.0. The topological polar surface area (TPSA) is 87.6 Å². The van der Waals surface area contributed by atoms with E-state index in [9.17, 15) is 0 Å². The zero-order chi connectivity index (χ0) is 13.3. The van der Waals surface area contributed by atoms with Gasteiger partial charge in [0.1, 0.15) is 5.69 Å². The van der Waals surface area contributed by atoms with Crippen molar-refractivity contribution in [2.45, 2.75) is 20.3 Å². The summed E-state index contributed by atoms with van der Waals surface area (Å²) >= 11 is 0. The highest BCUT2D eigenvalue weighted by molar-refractivity contribution is 5.95. The number of aryl methyl sites for hydroxylation is 1. The molecule has 1 fully saturated rings. The third-order valence-corrected chi connectivity index (χ3v) is 3.34. The predicted molar refractivity (Wildman–Crippen MR) is 69.8 cm³/mol. The van der Waals surface area contributed by atoms with Crippen molar-refractivity contribution in [3.8, 4) is 0 Å². The van der Waals surface area contributed by atoms with E-state index in [0.717, 1.165) is 24.1 Å². The Balaban J connectivity index is 2.19. The first-order valence-corrected chi connectivity index (χ1v) is 6.06. The fourth-order valence-corrected chi connectivity index (χ4v) is 1.99. The maximum absolute atomic E-state index is 8.69. The molecule has 1 aliphatic rings. The molecule has 1 aromatic rings. The minimum atomic E-state index is 0.00920. The van der Waals surface area contributed by atoms with E-state index < -0.39 is 0 Å². The molecular weight excluding hydrogens is 230 g/mol. The Morgan fingerprint density at radius 1 is 1.61 bits per heavy atom. The fourth-order valence-electron chi connectivity index (χ4n) is 1.99. The van der Waals surface area contributed by atoms with Gasteiger partial charge in [-0.15, -0.1) is 0 Å². The van der Waals surface area contributed by atoms with Crippen molar-refractivity contribution in [1.82, 2.24) is 9.97 Å². The quantitative estimate of drug-likeness (QED) is 0.359. The minimum Gasteiger partial charge on any atom is -0.409 e. The van der Waals surface area contributed by atoms with Gasteiger partial charge in [0.2, 0.25) is 5.95 Å². The molecule has 98 valence electrons. The van der Waals surface area contributed by atoms with Crippen LogP contribution in [0, 0.1) is 18.8 Å². The predicted octanol–water partition coefficient (Wildman–Crippen LogP) is 0.972. The molecule has 0 saturated heterocycles. The van der Waals surface area contributed by atoms with Gasteiger partial charge in [-0.3, -0.25) is 0 Å². The summed E-state index contributed by atoms with van der Waals surface area (Å²) in [6, 6.07) is 1.70. The van der Waals surface area contributed by atoms with Gasteiger partial charge in [-0.25, -0.2) is 9.97 Å². The van der Waals surface area contributed by atoms with Gasteiger partial charge in [-0.05, 0) is 31.2 Å². The zero-order valence-electron chi connectivity index (χ0n) is 11.0. The van der Waals surface area contributed by atoms with Crippen LogP contribution in [0.25, 0.3) is 0 Å². The minimum absolute atomic E-state index is 0.00920. The Hall–Kier alpha value is -1.85. The largest absolute Gasteiger partial charge is 0.409 e. The van der Waals surface area contributed by atoms with Crippen LogP contribution in [0.3, 0.4) is 0 Å². The highest BCUT2D eigenvalue weighted by Crippen LogP contribution is 2.38. The van der Waals surface area contributed by atoms with E-state index in [1.54, 1.807) is 6.07 Å². The summed E-state index contributed by atoms with van der Waals surface area (Å²) in [5.41, 5.74) is 6.82. The van der Waals surface area contributed by atoms with Crippen LogP contribution in [0.5, 0.6) is 0 Å². The van der Waals surface area contributed by atoms with E-state index in [1.807, 2.05) is 18.9 Å². The number of rotatable bonds is 4. The number of nitrogens with zero attached hydrogens (tertiary/aromatic N) is 4. The van der Waals surface area contributed by atoms with Gasteiger partial charge in [0, 0.05) is 19.3 Å². The molecule has 2 unspecified atom stereocenters. The van der Waals surface area contributed by atoms with Crippen molar-refractivity contribution in [3.05, 3.63) is 17.5 Å². The molecule has 18 heavy (non-hydrogen) atoms. The van der Waals surface area contributed by atoms with E-state index >= 15 is 0 Å². The number of nitrogens with two attached hydrogens (primary N) is 1. The molecular formula is C12H19N5O. The number of amidine groups is 1. The van der Waals surface area contributed by atoms with Crippen LogP contribution in [0.4, 0.5) is 5.95 Å². The molecule has 3 N–H and O–H groups in total. The molecule has 1 aliphatic carbocycles.